The van der Waals surface area contributed by atoms with E-state index in [1.54, 1.807) is 38.1 Å². The van der Waals surface area contributed by atoms with Gasteiger partial charge in [0.15, 0.2) is 6.10 Å². The summed E-state index contributed by atoms with van der Waals surface area (Å²) in [5, 5.41) is 9.48. The van der Waals surface area contributed by atoms with Gasteiger partial charge in [0.2, 0.25) is 0 Å². The molecule has 0 unspecified atom stereocenters. The average Bonchev–Trinajstić information content (AvgIpc) is 3.00. The van der Waals surface area contributed by atoms with Crippen molar-refractivity contribution < 1.29 is 23.8 Å². The van der Waals surface area contributed by atoms with Gasteiger partial charge in [0.1, 0.15) is 28.3 Å². The molecule has 0 amide bonds. The van der Waals surface area contributed by atoms with Crippen LogP contribution in [0.25, 0.3) is 0 Å². The molecule has 0 fully saturated rings. The molecule has 2 N–H and O–H groups in total. The van der Waals surface area contributed by atoms with Crippen LogP contribution in [0.15, 0.2) is 30.3 Å². The molecule has 0 radical (unpaired) electrons. The first kappa shape index (κ1) is 20.3. The summed E-state index contributed by atoms with van der Waals surface area (Å²) in [6.45, 7) is 3.38. The third-order valence-electron chi connectivity index (χ3n) is 3.62. The normalized spacial score (nSPS) is 11.3. The van der Waals surface area contributed by atoms with Gasteiger partial charge in [-0.15, -0.1) is 11.3 Å². The first-order valence-corrected chi connectivity index (χ1v) is 9.20. The fraction of sp³-hybridized carbons (Fsp3) is 0.316. The predicted octanol–water partition coefficient (Wildman–Crippen LogP) is 3.28. The lowest BCUT2D eigenvalue weighted by atomic mass is 10.1. The molecule has 0 saturated carbocycles. The van der Waals surface area contributed by atoms with E-state index in [0.29, 0.717) is 12.2 Å². The van der Waals surface area contributed by atoms with Crippen LogP contribution in [-0.2, 0) is 20.9 Å². The van der Waals surface area contributed by atoms with Crippen LogP contribution in [0.3, 0.4) is 0 Å². The van der Waals surface area contributed by atoms with E-state index in [1.165, 1.54) is 0 Å². The second kappa shape index (κ2) is 9.59. The van der Waals surface area contributed by atoms with E-state index < -0.39 is 18.0 Å². The first-order chi connectivity index (χ1) is 13.0. The molecule has 1 aromatic carbocycles. The highest BCUT2D eigenvalue weighted by molar-refractivity contribution is 7.18. The standard InChI is InChI=1S/C19H20N2O5S/c1-3-15(26-12-8-6-5-7-9-12)18(22)25-11-14-13(10-20)17(21)27-16(14)19(23)24-4-2/h5-9,15H,3-4,11,21H2,1-2H3/t15-/m1/s1. The summed E-state index contributed by atoms with van der Waals surface area (Å²) in [6.07, 6.45) is -0.407. The minimum absolute atomic E-state index is 0.118. The number of carbonyl (C=O) groups is 2. The Morgan fingerprint density at radius 2 is 1.93 bits per heavy atom. The van der Waals surface area contributed by atoms with E-state index in [-0.39, 0.29) is 34.2 Å². The number of nitriles is 1. The summed E-state index contributed by atoms with van der Waals surface area (Å²) >= 11 is 0.940. The summed E-state index contributed by atoms with van der Waals surface area (Å²) in [4.78, 5) is 24.6. The van der Waals surface area contributed by atoms with Crippen LogP contribution in [0.5, 0.6) is 5.75 Å². The van der Waals surface area contributed by atoms with Crippen LogP contribution >= 0.6 is 11.3 Å². The van der Waals surface area contributed by atoms with Gasteiger partial charge in [0.25, 0.3) is 0 Å². The van der Waals surface area contributed by atoms with Crippen molar-refractivity contribution in [2.24, 2.45) is 0 Å². The third kappa shape index (κ3) is 4.99. The van der Waals surface area contributed by atoms with E-state index >= 15 is 0 Å². The molecule has 1 heterocycles. The second-order valence-electron chi connectivity index (χ2n) is 5.42. The Morgan fingerprint density at radius 3 is 2.52 bits per heavy atom. The maximum atomic E-state index is 12.4. The monoisotopic (exact) mass is 388 g/mol. The zero-order chi connectivity index (χ0) is 19.8. The lowest BCUT2D eigenvalue weighted by Gasteiger charge is -2.16. The number of hydrogen-bond donors (Lipinski definition) is 1. The lowest BCUT2D eigenvalue weighted by molar-refractivity contribution is -0.153. The highest BCUT2D eigenvalue weighted by Crippen LogP contribution is 2.32. The third-order valence-corrected chi connectivity index (χ3v) is 4.66. The topological polar surface area (TPSA) is 112 Å². The zero-order valence-electron chi connectivity index (χ0n) is 15.1. The molecule has 0 aliphatic heterocycles. The van der Waals surface area contributed by atoms with Crippen molar-refractivity contribution in [3.8, 4) is 11.8 Å². The fourth-order valence-corrected chi connectivity index (χ4v) is 3.22. The van der Waals surface area contributed by atoms with E-state index in [9.17, 15) is 14.9 Å². The van der Waals surface area contributed by atoms with Gasteiger partial charge in [-0.3, -0.25) is 0 Å². The van der Waals surface area contributed by atoms with Gasteiger partial charge >= 0.3 is 11.9 Å². The van der Waals surface area contributed by atoms with Crippen molar-refractivity contribution in [3.63, 3.8) is 0 Å². The molecule has 0 spiro atoms. The average molecular weight is 388 g/mol. The molecular weight excluding hydrogens is 368 g/mol. The molecule has 142 valence electrons. The quantitative estimate of drug-likeness (QED) is 0.691. The van der Waals surface area contributed by atoms with Crippen LogP contribution in [0.1, 0.15) is 41.1 Å². The van der Waals surface area contributed by atoms with Crippen molar-refractivity contribution in [3.05, 3.63) is 46.3 Å². The zero-order valence-corrected chi connectivity index (χ0v) is 15.9. The van der Waals surface area contributed by atoms with Gasteiger partial charge in [-0.2, -0.15) is 5.26 Å². The Morgan fingerprint density at radius 1 is 1.22 bits per heavy atom. The Kier molecular flexibility index (Phi) is 7.20. The highest BCUT2D eigenvalue weighted by Gasteiger charge is 2.26. The fourth-order valence-electron chi connectivity index (χ4n) is 2.30. The number of rotatable bonds is 8. The Balaban J connectivity index is 2.13. The Hall–Kier alpha value is -3.05. The summed E-state index contributed by atoms with van der Waals surface area (Å²) in [5.41, 5.74) is 6.17. The summed E-state index contributed by atoms with van der Waals surface area (Å²) in [5.74, 6) is -0.648. The van der Waals surface area contributed by atoms with E-state index in [1.807, 2.05) is 12.1 Å². The highest BCUT2D eigenvalue weighted by atomic mass is 32.1. The number of ether oxygens (including phenoxy) is 3. The van der Waals surface area contributed by atoms with Gasteiger partial charge in [-0.25, -0.2) is 9.59 Å². The second-order valence-corrected chi connectivity index (χ2v) is 6.47. The van der Waals surface area contributed by atoms with Crippen LogP contribution < -0.4 is 10.5 Å². The summed E-state index contributed by atoms with van der Waals surface area (Å²) in [6, 6.07) is 10.9. The number of para-hydroxylation sites is 1. The van der Waals surface area contributed by atoms with Crippen LogP contribution in [-0.4, -0.2) is 24.6 Å². The molecule has 2 rings (SSSR count). The molecule has 1 aromatic heterocycles. The van der Waals surface area contributed by atoms with E-state index in [4.69, 9.17) is 19.9 Å². The van der Waals surface area contributed by atoms with Gasteiger partial charge in [0.05, 0.1) is 12.2 Å². The van der Waals surface area contributed by atoms with Gasteiger partial charge in [-0.1, -0.05) is 25.1 Å². The molecule has 27 heavy (non-hydrogen) atoms. The van der Waals surface area contributed by atoms with Crippen molar-refractivity contribution >= 4 is 28.3 Å². The lowest BCUT2D eigenvalue weighted by Crippen LogP contribution is -2.28. The number of nitrogen functional groups attached to an aromatic ring is 1. The number of anilines is 1. The maximum absolute atomic E-state index is 12.4. The van der Waals surface area contributed by atoms with Crippen molar-refractivity contribution in [1.29, 1.82) is 5.26 Å². The van der Waals surface area contributed by atoms with Crippen LogP contribution in [0, 0.1) is 11.3 Å². The SMILES string of the molecule is CCOC(=O)c1sc(N)c(C#N)c1COC(=O)[C@@H](CC)Oc1ccccc1. The van der Waals surface area contributed by atoms with Crippen molar-refractivity contribution in [2.45, 2.75) is 33.0 Å². The number of benzene rings is 1. The number of carbonyl (C=O) groups excluding carboxylic acids is 2. The van der Waals surface area contributed by atoms with E-state index in [0.717, 1.165) is 11.3 Å². The molecule has 0 saturated heterocycles. The minimum atomic E-state index is -0.806. The molecule has 7 nitrogen and oxygen atoms in total. The number of thiophene rings is 1. The van der Waals surface area contributed by atoms with E-state index in [2.05, 4.69) is 0 Å². The largest absolute Gasteiger partial charge is 0.479 e. The molecule has 0 aliphatic rings. The number of hydrogen-bond acceptors (Lipinski definition) is 8. The predicted molar refractivity (Wildman–Crippen MR) is 100 cm³/mol. The van der Waals surface area contributed by atoms with Gasteiger partial charge in [0, 0.05) is 5.56 Å². The molecule has 8 heteroatoms. The Bertz CT molecular complexity index is 842. The molecule has 0 aliphatic carbocycles. The number of esters is 2. The molecule has 1 atom stereocenters. The summed E-state index contributed by atoms with van der Waals surface area (Å²) < 4.78 is 15.9. The number of nitrogens with zero attached hydrogens (tertiary/aromatic N) is 1. The van der Waals surface area contributed by atoms with Crippen LogP contribution in [0.2, 0.25) is 0 Å². The number of nitrogens with two attached hydrogens (primary N) is 1. The maximum Gasteiger partial charge on any atom is 0.348 e. The van der Waals surface area contributed by atoms with Crippen molar-refractivity contribution in [1.82, 2.24) is 0 Å². The van der Waals surface area contributed by atoms with Gasteiger partial charge < -0.3 is 19.9 Å². The van der Waals surface area contributed by atoms with Crippen LogP contribution in [0.4, 0.5) is 5.00 Å². The van der Waals surface area contributed by atoms with Crippen molar-refractivity contribution in [2.75, 3.05) is 12.3 Å². The smallest absolute Gasteiger partial charge is 0.348 e. The minimum Gasteiger partial charge on any atom is -0.479 e. The summed E-state index contributed by atoms with van der Waals surface area (Å²) in [7, 11) is 0. The molecular formula is C19H20N2O5S. The first-order valence-electron chi connectivity index (χ1n) is 8.38. The Labute approximate surface area is 161 Å². The molecule has 0 bridgehead atoms. The van der Waals surface area contributed by atoms with Gasteiger partial charge in [-0.05, 0) is 25.5 Å². The molecule has 2 aromatic rings.